The van der Waals surface area contributed by atoms with Gasteiger partial charge in [0.05, 0.1) is 5.56 Å². The molecule has 1 aliphatic rings. The standard InChI is InChI=1S/C24H20F3N3O2S/c25-24(26,27)19-8-4-17(5-9-19)22(31)29-13-15-30(16-14-29)23(32)18-6-10-20(11-7-18)33-21-3-1-2-12-28-21/h1-12H,13-16H2. The molecule has 3 aromatic rings. The molecule has 2 amide bonds. The summed E-state index contributed by atoms with van der Waals surface area (Å²) >= 11 is 1.50. The average molecular weight is 472 g/mol. The lowest BCUT2D eigenvalue weighted by atomic mass is 10.1. The van der Waals surface area contributed by atoms with Crippen LogP contribution in [-0.2, 0) is 6.18 Å². The van der Waals surface area contributed by atoms with Gasteiger partial charge in [0.25, 0.3) is 11.8 Å². The predicted octanol–water partition coefficient (Wildman–Crippen LogP) is 4.85. The molecule has 0 radical (unpaired) electrons. The van der Waals surface area contributed by atoms with E-state index < -0.39 is 11.7 Å². The van der Waals surface area contributed by atoms with Gasteiger partial charge in [-0.3, -0.25) is 9.59 Å². The normalized spacial score (nSPS) is 14.3. The molecule has 1 aliphatic heterocycles. The molecule has 0 N–H and O–H groups in total. The number of rotatable bonds is 4. The number of alkyl halides is 3. The predicted molar refractivity (Wildman–Crippen MR) is 118 cm³/mol. The van der Waals surface area contributed by atoms with Crippen molar-refractivity contribution in [2.24, 2.45) is 0 Å². The van der Waals surface area contributed by atoms with Crippen LogP contribution in [0.2, 0.25) is 0 Å². The lowest BCUT2D eigenvalue weighted by Crippen LogP contribution is -2.50. The Kier molecular flexibility index (Phi) is 6.69. The first-order valence-electron chi connectivity index (χ1n) is 10.3. The Bertz CT molecular complexity index is 1110. The van der Waals surface area contributed by atoms with Crippen molar-refractivity contribution in [3.05, 3.63) is 89.6 Å². The van der Waals surface area contributed by atoms with Gasteiger partial charge < -0.3 is 9.80 Å². The van der Waals surface area contributed by atoms with Crippen LogP contribution in [0, 0.1) is 0 Å². The largest absolute Gasteiger partial charge is 0.416 e. The second kappa shape index (κ2) is 9.66. The molecule has 0 bridgehead atoms. The summed E-state index contributed by atoms with van der Waals surface area (Å²) in [6, 6.07) is 17.1. The van der Waals surface area contributed by atoms with Crippen molar-refractivity contribution < 1.29 is 22.8 Å². The highest BCUT2D eigenvalue weighted by Gasteiger charge is 2.31. The molecular weight excluding hydrogens is 451 g/mol. The van der Waals surface area contributed by atoms with E-state index in [0.29, 0.717) is 31.7 Å². The van der Waals surface area contributed by atoms with Crippen LogP contribution in [0.1, 0.15) is 26.3 Å². The third kappa shape index (κ3) is 5.54. The maximum Gasteiger partial charge on any atom is 0.416 e. The Labute approximate surface area is 193 Å². The van der Waals surface area contributed by atoms with Gasteiger partial charge in [-0.15, -0.1) is 0 Å². The zero-order valence-corrected chi connectivity index (χ0v) is 18.3. The number of piperazine rings is 1. The fourth-order valence-corrected chi connectivity index (χ4v) is 4.25. The van der Waals surface area contributed by atoms with Crippen molar-refractivity contribution in [3.8, 4) is 0 Å². The SMILES string of the molecule is O=C(c1ccc(Sc2ccccn2)cc1)N1CCN(C(=O)c2ccc(C(F)(F)F)cc2)CC1. The van der Waals surface area contributed by atoms with E-state index in [-0.39, 0.29) is 17.4 Å². The summed E-state index contributed by atoms with van der Waals surface area (Å²) < 4.78 is 38.2. The molecule has 33 heavy (non-hydrogen) atoms. The van der Waals surface area contributed by atoms with Crippen molar-refractivity contribution in [2.45, 2.75) is 16.1 Å². The van der Waals surface area contributed by atoms with Gasteiger partial charge in [0, 0.05) is 48.4 Å². The maximum atomic E-state index is 12.8. The van der Waals surface area contributed by atoms with Crippen LogP contribution in [0.4, 0.5) is 13.2 Å². The summed E-state index contributed by atoms with van der Waals surface area (Å²) in [7, 11) is 0. The van der Waals surface area contributed by atoms with Gasteiger partial charge in [0.2, 0.25) is 0 Å². The second-order valence-electron chi connectivity index (χ2n) is 7.45. The Morgan fingerprint density at radius 1 is 0.758 bits per heavy atom. The number of nitrogens with zero attached hydrogens (tertiary/aromatic N) is 3. The maximum absolute atomic E-state index is 12.8. The van der Waals surface area contributed by atoms with Crippen molar-refractivity contribution >= 4 is 23.6 Å². The van der Waals surface area contributed by atoms with Crippen LogP contribution < -0.4 is 0 Å². The van der Waals surface area contributed by atoms with Crippen molar-refractivity contribution in [3.63, 3.8) is 0 Å². The van der Waals surface area contributed by atoms with Crippen LogP contribution in [-0.4, -0.2) is 52.8 Å². The lowest BCUT2D eigenvalue weighted by Gasteiger charge is -2.35. The molecule has 9 heteroatoms. The highest BCUT2D eigenvalue weighted by molar-refractivity contribution is 7.99. The van der Waals surface area contributed by atoms with Gasteiger partial charge in [-0.2, -0.15) is 13.2 Å². The zero-order chi connectivity index (χ0) is 23.4. The molecular formula is C24H20F3N3O2S. The highest BCUT2D eigenvalue weighted by atomic mass is 32.2. The first-order valence-corrected chi connectivity index (χ1v) is 11.1. The molecule has 5 nitrogen and oxygen atoms in total. The fraction of sp³-hybridized carbons (Fsp3) is 0.208. The molecule has 170 valence electrons. The van der Waals surface area contributed by atoms with E-state index in [9.17, 15) is 22.8 Å². The van der Waals surface area contributed by atoms with Crippen molar-refractivity contribution in [1.82, 2.24) is 14.8 Å². The molecule has 0 unspecified atom stereocenters. The number of carbonyl (C=O) groups excluding carboxylic acids is 2. The quantitative estimate of drug-likeness (QED) is 0.546. The topological polar surface area (TPSA) is 53.5 Å². The molecule has 4 rings (SSSR count). The average Bonchev–Trinajstić information content (AvgIpc) is 2.84. The summed E-state index contributed by atoms with van der Waals surface area (Å²) in [5.74, 6) is -0.460. The number of benzene rings is 2. The summed E-state index contributed by atoms with van der Waals surface area (Å²) in [6.07, 6.45) is -2.72. The van der Waals surface area contributed by atoms with Crippen LogP contribution in [0.5, 0.6) is 0 Å². The van der Waals surface area contributed by atoms with E-state index in [0.717, 1.165) is 22.1 Å². The lowest BCUT2D eigenvalue weighted by molar-refractivity contribution is -0.137. The number of carbonyl (C=O) groups is 2. The van der Waals surface area contributed by atoms with Gasteiger partial charge >= 0.3 is 6.18 Å². The number of pyridine rings is 1. The molecule has 1 saturated heterocycles. The number of aromatic nitrogens is 1. The third-order valence-electron chi connectivity index (χ3n) is 5.27. The Hall–Kier alpha value is -3.33. The first-order chi connectivity index (χ1) is 15.8. The molecule has 2 aromatic carbocycles. The van der Waals surface area contributed by atoms with Crippen LogP contribution in [0.3, 0.4) is 0 Å². The molecule has 0 aliphatic carbocycles. The smallest absolute Gasteiger partial charge is 0.335 e. The summed E-state index contributed by atoms with van der Waals surface area (Å²) in [4.78, 5) is 33.9. The summed E-state index contributed by atoms with van der Waals surface area (Å²) in [5.41, 5.74) is -0.0365. The molecule has 2 heterocycles. The summed E-state index contributed by atoms with van der Waals surface area (Å²) in [5, 5.41) is 0.866. The van der Waals surface area contributed by atoms with Crippen molar-refractivity contribution in [2.75, 3.05) is 26.2 Å². The zero-order valence-electron chi connectivity index (χ0n) is 17.5. The van der Waals surface area contributed by atoms with Crippen molar-refractivity contribution in [1.29, 1.82) is 0 Å². The molecule has 0 saturated carbocycles. The van der Waals surface area contributed by atoms with Gasteiger partial charge in [-0.25, -0.2) is 4.98 Å². The molecule has 0 spiro atoms. The molecule has 1 aromatic heterocycles. The second-order valence-corrected chi connectivity index (χ2v) is 8.55. The van der Waals surface area contributed by atoms with E-state index in [4.69, 9.17) is 0 Å². The van der Waals surface area contributed by atoms with E-state index in [1.807, 2.05) is 30.3 Å². The number of hydrogen-bond donors (Lipinski definition) is 0. The van der Waals surface area contributed by atoms with Gasteiger partial charge in [0.1, 0.15) is 5.03 Å². The van der Waals surface area contributed by atoms with E-state index >= 15 is 0 Å². The Morgan fingerprint density at radius 3 is 1.73 bits per heavy atom. The van der Waals surface area contributed by atoms with E-state index in [1.165, 1.54) is 23.9 Å². The molecule has 0 atom stereocenters. The minimum absolute atomic E-state index is 0.119. The van der Waals surface area contributed by atoms with Gasteiger partial charge in [-0.05, 0) is 60.7 Å². The van der Waals surface area contributed by atoms with Crippen LogP contribution >= 0.6 is 11.8 Å². The van der Waals surface area contributed by atoms with Gasteiger partial charge in [0.15, 0.2) is 0 Å². The first kappa shape index (κ1) is 22.8. The number of hydrogen-bond acceptors (Lipinski definition) is 4. The number of amides is 2. The summed E-state index contributed by atoms with van der Waals surface area (Å²) in [6.45, 7) is 1.35. The minimum atomic E-state index is -4.44. The minimum Gasteiger partial charge on any atom is -0.335 e. The Morgan fingerprint density at radius 2 is 1.27 bits per heavy atom. The Balaban J connectivity index is 1.32. The molecule has 1 fully saturated rings. The van der Waals surface area contributed by atoms with Gasteiger partial charge in [-0.1, -0.05) is 17.8 Å². The fourth-order valence-electron chi connectivity index (χ4n) is 3.47. The highest BCUT2D eigenvalue weighted by Crippen LogP contribution is 2.29. The van der Waals surface area contributed by atoms with Crippen LogP contribution in [0.25, 0.3) is 0 Å². The van der Waals surface area contributed by atoms with Crippen LogP contribution in [0.15, 0.2) is 82.8 Å². The number of halogens is 3. The van der Waals surface area contributed by atoms with E-state index in [2.05, 4.69) is 4.98 Å². The van der Waals surface area contributed by atoms with E-state index in [1.54, 1.807) is 28.1 Å². The third-order valence-corrected chi connectivity index (χ3v) is 6.23. The monoisotopic (exact) mass is 471 g/mol.